The average Bonchev–Trinajstić information content (AvgIpc) is 2.93. The van der Waals surface area contributed by atoms with Gasteiger partial charge >= 0.3 is 5.97 Å². The SMILES string of the molecule is CC/C=C/[C@H](CC(=O)OCCC)c1ccc(OCc2ccc(C(C)(C)C)c(-c3cc(OC)ccc3F)c2)cc1. The molecule has 3 rings (SSSR count). The molecule has 0 fully saturated rings. The van der Waals surface area contributed by atoms with Crippen LogP contribution in [-0.2, 0) is 21.6 Å². The highest BCUT2D eigenvalue weighted by Gasteiger charge is 2.21. The summed E-state index contributed by atoms with van der Waals surface area (Å²) in [5.74, 6) is 0.803. The summed E-state index contributed by atoms with van der Waals surface area (Å²) >= 11 is 0. The average molecular weight is 533 g/mol. The van der Waals surface area contributed by atoms with E-state index in [0.29, 0.717) is 30.9 Å². The minimum Gasteiger partial charge on any atom is -0.497 e. The van der Waals surface area contributed by atoms with E-state index in [2.05, 4.69) is 45.9 Å². The number of benzene rings is 3. The molecule has 0 N–H and O–H groups in total. The molecule has 0 aliphatic rings. The number of carbonyl (C=O) groups is 1. The Morgan fingerprint density at radius 1 is 0.949 bits per heavy atom. The van der Waals surface area contributed by atoms with Crippen LogP contribution in [0.2, 0.25) is 0 Å². The van der Waals surface area contributed by atoms with Crippen molar-refractivity contribution in [2.75, 3.05) is 13.7 Å². The Morgan fingerprint density at radius 2 is 1.67 bits per heavy atom. The third-order valence-electron chi connectivity index (χ3n) is 6.53. The van der Waals surface area contributed by atoms with Gasteiger partial charge in [-0.3, -0.25) is 4.79 Å². The molecular weight excluding hydrogens is 491 g/mol. The lowest BCUT2D eigenvalue weighted by Gasteiger charge is -2.24. The van der Waals surface area contributed by atoms with Gasteiger partial charge in [-0.1, -0.05) is 71.0 Å². The molecule has 0 aliphatic carbocycles. The molecule has 0 aliphatic heterocycles. The quantitative estimate of drug-likeness (QED) is 0.173. The number of methoxy groups -OCH3 is 1. The highest BCUT2D eigenvalue weighted by molar-refractivity contribution is 5.72. The minimum atomic E-state index is -0.291. The number of allylic oxidation sites excluding steroid dienone is 2. The molecule has 1 atom stereocenters. The summed E-state index contributed by atoms with van der Waals surface area (Å²) in [6.45, 7) is 11.2. The number of esters is 1. The Hall–Kier alpha value is -3.60. The molecule has 0 amide bonds. The van der Waals surface area contributed by atoms with Gasteiger partial charge in [0.25, 0.3) is 0 Å². The summed E-state index contributed by atoms with van der Waals surface area (Å²) in [5.41, 5.74) is 4.18. The van der Waals surface area contributed by atoms with Crippen molar-refractivity contribution in [1.29, 1.82) is 0 Å². The van der Waals surface area contributed by atoms with E-state index < -0.39 is 0 Å². The molecule has 3 aromatic carbocycles. The molecule has 0 aromatic heterocycles. The van der Waals surface area contributed by atoms with Gasteiger partial charge in [0.05, 0.1) is 20.1 Å². The fourth-order valence-corrected chi connectivity index (χ4v) is 4.43. The Bertz CT molecular complexity index is 1260. The summed E-state index contributed by atoms with van der Waals surface area (Å²) < 4.78 is 31.7. The van der Waals surface area contributed by atoms with Gasteiger partial charge in [-0.15, -0.1) is 0 Å². The van der Waals surface area contributed by atoms with Crippen LogP contribution in [0.3, 0.4) is 0 Å². The Morgan fingerprint density at radius 3 is 2.31 bits per heavy atom. The van der Waals surface area contributed by atoms with Crippen molar-refractivity contribution in [3.8, 4) is 22.6 Å². The topological polar surface area (TPSA) is 44.8 Å². The monoisotopic (exact) mass is 532 g/mol. The zero-order chi connectivity index (χ0) is 28.4. The maximum absolute atomic E-state index is 14.9. The summed E-state index contributed by atoms with van der Waals surface area (Å²) in [7, 11) is 1.58. The standard InChI is InChI=1S/C34H41FO4/c1-7-9-10-26(21-33(36)38-19-8-2)25-12-14-27(15-13-25)39-23-24-11-17-31(34(3,4)5)29(20-24)30-22-28(37-6)16-18-32(30)35/h9-18,20,22,26H,7-8,19,21,23H2,1-6H3/b10-9+/t26-/m1/s1. The lowest BCUT2D eigenvalue weighted by molar-refractivity contribution is -0.143. The zero-order valence-electron chi connectivity index (χ0n) is 24.1. The van der Waals surface area contributed by atoms with Gasteiger partial charge < -0.3 is 14.2 Å². The lowest BCUT2D eigenvalue weighted by atomic mass is 9.81. The van der Waals surface area contributed by atoms with Crippen molar-refractivity contribution in [2.45, 2.75) is 71.8 Å². The van der Waals surface area contributed by atoms with Crippen LogP contribution < -0.4 is 9.47 Å². The molecule has 0 spiro atoms. The molecule has 0 bridgehead atoms. The van der Waals surface area contributed by atoms with Gasteiger partial charge in [-0.25, -0.2) is 4.39 Å². The van der Waals surface area contributed by atoms with E-state index in [1.54, 1.807) is 19.2 Å². The fraction of sp³-hybridized carbons (Fsp3) is 0.382. The van der Waals surface area contributed by atoms with E-state index in [1.807, 2.05) is 43.3 Å². The first-order chi connectivity index (χ1) is 18.7. The fourth-order valence-electron chi connectivity index (χ4n) is 4.43. The van der Waals surface area contributed by atoms with Crippen molar-refractivity contribution >= 4 is 5.97 Å². The number of ether oxygens (including phenoxy) is 3. The molecule has 0 saturated heterocycles. The van der Waals surface area contributed by atoms with Crippen molar-refractivity contribution < 1.29 is 23.4 Å². The van der Waals surface area contributed by atoms with Crippen LogP contribution >= 0.6 is 0 Å². The molecule has 3 aromatic rings. The molecule has 0 unspecified atom stereocenters. The normalized spacial score (nSPS) is 12.4. The molecule has 39 heavy (non-hydrogen) atoms. The van der Waals surface area contributed by atoms with Gasteiger partial charge in [0, 0.05) is 11.5 Å². The maximum atomic E-state index is 14.9. The lowest BCUT2D eigenvalue weighted by Crippen LogP contribution is -2.13. The molecule has 0 radical (unpaired) electrons. The maximum Gasteiger partial charge on any atom is 0.306 e. The Labute approximate surface area is 232 Å². The van der Waals surface area contributed by atoms with Gasteiger partial charge in [0.15, 0.2) is 0 Å². The highest BCUT2D eigenvalue weighted by Crippen LogP contribution is 2.37. The van der Waals surface area contributed by atoms with Crippen LogP contribution in [0.15, 0.2) is 72.8 Å². The summed E-state index contributed by atoms with van der Waals surface area (Å²) in [4.78, 5) is 12.2. The second-order valence-corrected chi connectivity index (χ2v) is 10.7. The van der Waals surface area contributed by atoms with Crippen molar-refractivity contribution in [1.82, 2.24) is 0 Å². The van der Waals surface area contributed by atoms with Crippen LogP contribution in [0.1, 0.15) is 76.5 Å². The first-order valence-corrected chi connectivity index (χ1v) is 13.7. The number of carbonyl (C=O) groups excluding carboxylic acids is 1. The molecular formula is C34H41FO4. The first kappa shape index (κ1) is 29.9. The Kier molecular flexibility index (Phi) is 10.7. The summed E-state index contributed by atoms with van der Waals surface area (Å²) in [5, 5.41) is 0. The third-order valence-corrected chi connectivity index (χ3v) is 6.53. The molecule has 208 valence electrons. The highest BCUT2D eigenvalue weighted by atomic mass is 19.1. The molecule has 0 heterocycles. The summed E-state index contributed by atoms with van der Waals surface area (Å²) in [6.07, 6.45) is 6.16. The van der Waals surface area contributed by atoms with E-state index in [-0.39, 0.29) is 23.1 Å². The predicted molar refractivity (Wildman–Crippen MR) is 156 cm³/mol. The van der Waals surface area contributed by atoms with E-state index in [9.17, 15) is 9.18 Å². The van der Waals surface area contributed by atoms with E-state index in [4.69, 9.17) is 14.2 Å². The van der Waals surface area contributed by atoms with Crippen LogP contribution in [0.25, 0.3) is 11.1 Å². The Balaban J connectivity index is 1.80. The van der Waals surface area contributed by atoms with Gasteiger partial charge in [-0.2, -0.15) is 0 Å². The van der Waals surface area contributed by atoms with Crippen molar-refractivity contribution in [3.63, 3.8) is 0 Å². The number of rotatable bonds is 12. The van der Waals surface area contributed by atoms with Gasteiger partial charge in [-0.05, 0) is 76.9 Å². The van der Waals surface area contributed by atoms with Crippen LogP contribution in [0.5, 0.6) is 11.5 Å². The largest absolute Gasteiger partial charge is 0.497 e. The van der Waals surface area contributed by atoms with Crippen molar-refractivity contribution in [2.24, 2.45) is 0 Å². The molecule has 4 nitrogen and oxygen atoms in total. The second kappa shape index (κ2) is 14.0. The second-order valence-electron chi connectivity index (χ2n) is 10.7. The van der Waals surface area contributed by atoms with Crippen LogP contribution in [0.4, 0.5) is 4.39 Å². The van der Waals surface area contributed by atoms with Gasteiger partial charge in [0.1, 0.15) is 23.9 Å². The molecule has 0 saturated carbocycles. The van der Waals surface area contributed by atoms with Crippen LogP contribution in [0, 0.1) is 5.82 Å². The zero-order valence-corrected chi connectivity index (χ0v) is 24.1. The van der Waals surface area contributed by atoms with Crippen LogP contribution in [-0.4, -0.2) is 19.7 Å². The third kappa shape index (κ3) is 8.44. The summed E-state index contributed by atoms with van der Waals surface area (Å²) in [6, 6.07) is 18.7. The number of hydrogen-bond donors (Lipinski definition) is 0. The van der Waals surface area contributed by atoms with Gasteiger partial charge in [0.2, 0.25) is 0 Å². The number of halogens is 1. The smallest absolute Gasteiger partial charge is 0.306 e. The predicted octanol–water partition coefficient (Wildman–Crippen LogP) is 8.77. The van der Waals surface area contributed by atoms with Crippen molar-refractivity contribution in [3.05, 3.63) is 95.3 Å². The number of hydrogen-bond acceptors (Lipinski definition) is 4. The van der Waals surface area contributed by atoms with E-state index in [1.165, 1.54) is 6.07 Å². The molecule has 5 heteroatoms. The van der Waals surface area contributed by atoms with E-state index >= 15 is 0 Å². The van der Waals surface area contributed by atoms with E-state index in [0.717, 1.165) is 40.8 Å². The first-order valence-electron chi connectivity index (χ1n) is 13.7. The minimum absolute atomic E-state index is 0.0476.